The Hall–Kier alpha value is -0.960. The summed E-state index contributed by atoms with van der Waals surface area (Å²) < 4.78 is 24.9. The van der Waals surface area contributed by atoms with Gasteiger partial charge in [0.25, 0.3) is 0 Å². The monoisotopic (exact) mass is 363 g/mol. The highest BCUT2D eigenvalue weighted by atomic mass is 79.9. The zero-order valence-corrected chi connectivity index (χ0v) is 13.7. The summed E-state index contributed by atoms with van der Waals surface area (Å²) in [6.45, 7) is 1.91. The highest BCUT2D eigenvalue weighted by molar-refractivity contribution is 9.10. The normalized spacial score (nSPS) is 14.6. The Bertz CT molecular complexity index is 570. The van der Waals surface area contributed by atoms with Crippen molar-refractivity contribution < 1.29 is 13.2 Å². The van der Waals surface area contributed by atoms with Gasteiger partial charge in [-0.25, -0.2) is 13.1 Å². The van der Waals surface area contributed by atoms with Crippen LogP contribution in [0.25, 0.3) is 0 Å². The SMILES string of the molecule is CC(N)(C(=O)NCCNS(C)(=O)=O)c1ccc(Br)cc1. The van der Waals surface area contributed by atoms with E-state index in [1.165, 1.54) is 0 Å². The van der Waals surface area contributed by atoms with Crippen LogP contribution in [0.2, 0.25) is 0 Å². The van der Waals surface area contributed by atoms with E-state index in [0.717, 1.165) is 10.7 Å². The molecule has 20 heavy (non-hydrogen) atoms. The van der Waals surface area contributed by atoms with Crippen LogP contribution < -0.4 is 15.8 Å². The molecule has 1 atom stereocenters. The van der Waals surface area contributed by atoms with E-state index in [0.29, 0.717) is 5.56 Å². The number of sulfonamides is 1. The lowest BCUT2D eigenvalue weighted by Crippen LogP contribution is -2.50. The molecule has 0 saturated carbocycles. The maximum atomic E-state index is 12.0. The molecule has 0 bridgehead atoms. The third-order valence-corrected chi connectivity index (χ3v) is 3.95. The lowest BCUT2D eigenvalue weighted by atomic mass is 9.92. The molecule has 0 saturated heterocycles. The van der Waals surface area contributed by atoms with Gasteiger partial charge in [-0.1, -0.05) is 28.1 Å². The molecule has 8 heteroatoms. The van der Waals surface area contributed by atoms with Crippen LogP contribution in [0.1, 0.15) is 12.5 Å². The van der Waals surface area contributed by atoms with Gasteiger partial charge in [0.15, 0.2) is 0 Å². The van der Waals surface area contributed by atoms with Gasteiger partial charge in [0.05, 0.1) is 6.26 Å². The Balaban J connectivity index is 2.59. The summed E-state index contributed by atoms with van der Waals surface area (Å²) in [5.41, 5.74) is 5.53. The van der Waals surface area contributed by atoms with E-state index in [-0.39, 0.29) is 19.0 Å². The molecule has 0 heterocycles. The number of rotatable bonds is 6. The highest BCUT2D eigenvalue weighted by Gasteiger charge is 2.30. The summed E-state index contributed by atoms with van der Waals surface area (Å²) >= 11 is 3.31. The molecule has 6 nitrogen and oxygen atoms in total. The minimum absolute atomic E-state index is 0.126. The van der Waals surface area contributed by atoms with Crippen LogP contribution in [0.4, 0.5) is 0 Å². The quantitative estimate of drug-likeness (QED) is 0.632. The lowest BCUT2D eigenvalue weighted by molar-refractivity contribution is -0.126. The molecule has 1 amide bonds. The standard InChI is InChI=1S/C12H18BrN3O3S/c1-12(14,9-3-5-10(13)6-4-9)11(17)15-7-8-16-20(2,18)19/h3-6,16H,7-8,14H2,1-2H3,(H,15,17). The van der Waals surface area contributed by atoms with Crippen LogP contribution in [0.5, 0.6) is 0 Å². The van der Waals surface area contributed by atoms with Gasteiger partial charge < -0.3 is 11.1 Å². The van der Waals surface area contributed by atoms with Gasteiger partial charge in [0, 0.05) is 17.6 Å². The van der Waals surface area contributed by atoms with Crippen molar-refractivity contribution in [3.05, 3.63) is 34.3 Å². The molecule has 1 aromatic rings. The Morgan fingerprint density at radius 2 is 1.85 bits per heavy atom. The van der Waals surface area contributed by atoms with Crippen LogP contribution in [-0.4, -0.2) is 33.7 Å². The van der Waals surface area contributed by atoms with Crippen molar-refractivity contribution in [2.45, 2.75) is 12.5 Å². The Kier molecular flexibility index (Phi) is 5.69. The van der Waals surface area contributed by atoms with E-state index in [9.17, 15) is 13.2 Å². The minimum atomic E-state index is -3.25. The Labute approximate surface area is 127 Å². The fourth-order valence-corrected chi connectivity index (χ4v) is 2.26. The molecule has 1 aromatic carbocycles. The molecule has 0 aliphatic heterocycles. The summed E-state index contributed by atoms with van der Waals surface area (Å²) in [4.78, 5) is 12.0. The molecular formula is C12H18BrN3O3S. The number of hydrogen-bond acceptors (Lipinski definition) is 4. The first-order valence-electron chi connectivity index (χ1n) is 5.91. The Morgan fingerprint density at radius 1 is 1.30 bits per heavy atom. The number of hydrogen-bond donors (Lipinski definition) is 3. The molecule has 0 radical (unpaired) electrons. The first-order chi connectivity index (χ1) is 9.13. The van der Waals surface area contributed by atoms with Gasteiger partial charge in [-0.05, 0) is 24.6 Å². The summed E-state index contributed by atoms with van der Waals surface area (Å²) in [5, 5.41) is 2.61. The van der Waals surface area contributed by atoms with Crippen molar-refractivity contribution in [1.82, 2.24) is 10.0 Å². The third kappa shape index (κ3) is 5.20. The van der Waals surface area contributed by atoms with Crippen molar-refractivity contribution >= 4 is 31.9 Å². The molecule has 0 aliphatic rings. The summed E-state index contributed by atoms with van der Waals surface area (Å²) in [6, 6.07) is 7.13. The fourth-order valence-electron chi connectivity index (χ4n) is 1.52. The first-order valence-corrected chi connectivity index (χ1v) is 8.59. The topological polar surface area (TPSA) is 101 Å². The van der Waals surface area contributed by atoms with Crippen LogP contribution in [0, 0.1) is 0 Å². The molecule has 1 rings (SSSR count). The minimum Gasteiger partial charge on any atom is -0.353 e. The average Bonchev–Trinajstić information content (AvgIpc) is 2.33. The van der Waals surface area contributed by atoms with Gasteiger partial charge in [-0.15, -0.1) is 0 Å². The third-order valence-electron chi connectivity index (χ3n) is 2.69. The van der Waals surface area contributed by atoms with E-state index in [1.807, 2.05) is 0 Å². The lowest BCUT2D eigenvalue weighted by Gasteiger charge is -2.24. The van der Waals surface area contributed by atoms with E-state index in [2.05, 4.69) is 26.0 Å². The van der Waals surface area contributed by atoms with Gasteiger partial charge in [-0.2, -0.15) is 0 Å². The van der Waals surface area contributed by atoms with Gasteiger partial charge in [0.1, 0.15) is 5.54 Å². The van der Waals surface area contributed by atoms with Crippen LogP contribution in [0.15, 0.2) is 28.7 Å². The van der Waals surface area contributed by atoms with E-state index in [1.54, 1.807) is 31.2 Å². The van der Waals surface area contributed by atoms with Crippen molar-refractivity contribution in [2.24, 2.45) is 5.73 Å². The molecule has 112 valence electrons. The number of benzene rings is 1. The van der Waals surface area contributed by atoms with Crippen molar-refractivity contribution in [3.8, 4) is 0 Å². The molecule has 0 aromatic heterocycles. The molecule has 0 fully saturated rings. The van der Waals surface area contributed by atoms with Crippen LogP contribution in [-0.2, 0) is 20.4 Å². The van der Waals surface area contributed by atoms with Gasteiger partial charge >= 0.3 is 0 Å². The predicted octanol–water partition coefficient (Wildman–Crippen LogP) is 0.288. The molecule has 0 spiro atoms. The van der Waals surface area contributed by atoms with Gasteiger partial charge in [-0.3, -0.25) is 4.79 Å². The van der Waals surface area contributed by atoms with E-state index >= 15 is 0 Å². The molecule has 1 unspecified atom stereocenters. The fraction of sp³-hybridized carbons (Fsp3) is 0.417. The maximum absolute atomic E-state index is 12.0. The number of amides is 1. The smallest absolute Gasteiger partial charge is 0.244 e. The van der Waals surface area contributed by atoms with Crippen molar-refractivity contribution in [3.63, 3.8) is 0 Å². The second kappa shape index (κ2) is 6.66. The number of carbonyl (C=O) groups excluding carboxylic acids is 1. The van der Waals surface area contributed by atoms with Crippen molar-refractivity contribution in [1.29, 1.82) is 0 Å². The highest BCUT2D eigenvalue weighted by Crippen LogP contribution is 2.20. The molecular weight excluding hydrogens is 346 g/mol. The summed E-state index contributed by atoms with van der Waals surface area (Å²) in [7, 11) is -3.25. The zero-order valence-electron chi connectivity index (χ0n) is 11.3. The van der Waals surface area contributed by atoms with Gasteiger partial charge in [0.2, 0.25) is 15.9 Å². The number of nitrogens with one attached hydrogen (secondary N) is 2. The predicted molar refractivity (Wildman–Crippen MR) is 81.5 cm³/mol. The zero-order chi connectivity index (χ0) is 15.4. The average molecular weight is 364 g/mol. The summed E-state index contributed by atoms with van der Waals surface area (Å²) in [6.07, 6.45) is 1.06. The molecule has 4 N–H and O–H groups in total. The maximum Gasteiger partial charge on any atom is 0.244 e. The summed E-state index contributed by atoms with van der Waals surface area (Å²) in [5.74, 6) is -0.366. The van der Waals surface area contributed by atoms with Crippen LogP contribution in [0.3, 0.4) is 0 Å². The number of carbonyl (C=O) groups is 1. The number of halogens is 1. The second-order valence-electron chi connectivity index (χ2n) is 4.63. The second-order valence-corrected chi connectivity index (χ2v) is 7.38. The first kappa shape index (κ1) is 17.1. The van der Waals surface area contributed by atoms with Crippen LogP contribution >= 0.6 is 15.9 Å². The number of nitrogens with two attached hydrogens (primary N) is 1. The largest absolute Gasteiger partial charge is 0.353 e. The molecule has 0 aliphatic carbocycles. The van der Waals surface area contributed by atoms with Crippen molar-refractivity contribution in [2.75, 3.05) is 19.3 Å². The Morgan fingerprint density at radius 3 is 2.35 bits per heavy atom. The van der Waals surface area contributed by atoms with E-state index < -0.39 is 15.6 Å². The van der Waals surface area contributed by atoms with E-state index in [4.69, 9.17) is 5.73 Å².